The molecule has 12 atom stereocenters. The summed E-state index contributed by atoms with van der Waals surface area (Å²) in [7, 11) is -4.35. The van der Waals surface area contributed by atoms with Crippen molar-refractivity contribution >= 4 is 16.0 Å². The Labute approximate surface area is 251 Å². The van der Waals surface area contributed by atoms with E-state index in [1.54, 1.807) is 0 Å². The second-order valence-electron chi connectivity index (χ2n) is 13.4. The maximum Gasteiger partial charge on any atom is 1.00 e. The second kappa shape index (κ2) is 12.2. The predicted octanol–water partition coefficient (Wildman–Crippen LogP) is -0.334. The minimum Gasteiger partial charge on any atom is -0.748 e. The van der Waals surface area contributed by atoms with E-state index in [4.69, 9.17) is 0 Å². The van der Waals surface area contributed by atoms with E-state index in [2.05, 4.69) is 33.0 Å². The van der Waals surface area contributed by atoms with Crippen molar-refractivity contribution in [3.8, 4) is 0 Å². The summed E-state index contributed by atoms with van der Waals surface area (Å²) in [5.74, 6) is 0.484. The van der Waals surface area contributed by atoms with Crippen LogP contribution in [-0.4, -0.2) is 64.8 Å². The Morgan fingerprint density at radius 3 is 2.42 bits per heavy atom. The van der Waals surface area contributed by atoms with E-state index in [1.165, 1.54) is 0 Å². The molecule has 8 nitrogen and oxygen atoms in total. The van der Waals surface area contributed by atoms with E-state index < -0.39 is 28.1 Å². The van der Waals surface area contributed by atoms with Crippen LogP contribution in [0.5, 0.6) is 0 Å². The maximum absolute atomic E-state index is 12.3. The molecule has 4 rings (SSSR count). The van der Waals surface area contributed by atoms with Gasteiger partial charge < -0.3 is 25.2 Å². The van der Waals surface area contributed by atoms with Gasteiger partial charge in [-0.05, 0) is 97.2 Å². The summed E-state index contributed by atoms with van der Waals surface area (Å²) in [4.78, 5) is 12.3. The molecule has 4 saturated carbocycles. The molecule has 4 aliphatic rings. The molecular weight excluding hydrogens is 517 g/mol. The van der Waals surface area contributed by atoms with Crippen molar-refractivity contribution in [3.05, 3.63) is 0 Å². The zero-order chi connectivity index (χ0) is 27.3. The number of amides is 1. The number of carbonyl (C=O) groups is 1. The Bertz CT molecular complexity index is 949. The minimum absolute atomic E-state index is 0. The standard InChI is InChI=1S/C28H49NO7S.Na/c1-5-18-21-14-17(30)10-11-27(21,3)25-22(31)15-28(4)19(7-8-20(28)24(25)26(18)33)16(2)6-9-23(32)29-12-13-37(34,35)36;/h16-22,24-26,30-31,33H,5-15H2,1-4H3,(H,29,32)(H,34,35,36);/q;+1/p-1/t16-,17-,18-,19-,20?,21+,22+,24?,25?,26-,27+,28-;/m1./s1. The van der Waals surface area contributed by atoms with E-state index in [0.29, 0.717) is 31.1 Å². The first kappa shape index (κ1) is 32.8. The third-order valence-electron chi connectivity index (χ3n) is 11.6. The van der Waals surface area contributed by atoms with Gasteiger partial charge >= 0.3 is 29.6 Å². The van der Waals surface area contributed by atoms with Crippen LogP contribution < -0.4 is 34.9 Å². The van der Waals surface area contributed by atoms with Gasteiger partial charge in [-0.15, -0.1) is 0 Å². The van der Waals surface area contributed by atoms with Gasteiger partial charge in [-0.25, -0.2) is 8.42 Å². The van der Waals surface area contributed by atoms with Gasteiger partial charge in [0.25, 0.3) is 0 Å². The molecule has 10 heteroatoms. The van der Waals surface area contributed by atoms with Crippen LogP contribution in [0.3, 0.4) is 0 Å². The molecule has 3 unspecified atom stereocenters. The third kappa shape index (κ3) is 6.06. The molecule has 38 heavy (non-hydrogen) atoms. The largest absolute Gasteiger partial charge is 1.00 e. The summed E-state index contributed by atoms with van der Waals surface area (Å²) < 4.78 is 32.3. The topological polar surface area (TPSA) is 147 Å². The number of hydrogen-bond acceptors (Lipinski definition) is 7. The van der Waals surface area contributed by atoms with Gasteiger partial charge in [-0.3, -0.25) is 4.79 Å². The van der Waals surface area contributed by atoms with Crippen molar-refractivity contribution in [2.45, 2.75) is 104 Å². The van der Waals surface area contributed by atoms with Crippen LogP contribution in [0.15, 0.2) is 0 Å². The van der Waals surface area contributed by atoms with Crippen LogP contribution in [0.25, 0.3) is 0 Å². The van der Waals surface area contributed by atoms with Gasteiger partial charge in [-0.1, -0.05) is 34.1 Å². The maximum atomic E-state index is 12.3. The van der Waals surface area contributed by atoms with Crippen LogP contribution in [0.2, 0.25) is 0 Å². The van der Waals surface area contributed by atoms with E-state index in [9.17, 15) is 33.1 Å². The summed E-state index contributed by atoms with van der Waals surface area (Å²) in [6.45, 7) is 8.75. The van der Waals surface area contributed by atoms with E-state index >= 15 is 0 Å². The molecule has 0 heterocycles. The number of aliphatic hydroxyl groups excluding tert-OH is 3. The summed E-state index contributed by atoms with van der Waals surface area (Å²) in [6.07, 6.45) is 5.62. The first-order valence-corrected chi connectivity index (χ1v) is 16.0. The smallest absolute Gasteiger partial charge is 0.748 e. The molecule has 1 amide bonds. The van der Waals surface area contributed by atoms with Crippen molar-refractivity contribution < 1.29 is 62.6 Å². The molecule has 4 fully saturated rings. The molecule has 4 N–H and O–H groups in total. The predicted molar refractivity (Wildman–Crippen MR) is 139 cm³/mol. The average Bonchev–Trinajstić information content (AvgIpc) is 3.14. The molecule has 0 aromatic heterocycles. The average molecular weight is 566 g/mol. The fraction of sp³-hybridized carbons (Fsp3) is 0.964. The third-order valence-corrected chi connectivity index (χ3v) is 12.3. The number of nitrogens with one attached hydrogen (secondary N) is 1. The molecular formula is C28H48NNaO7S. The van der Waals surface area contributed by atoms with Crippen LogP contribution in [-0.2, 0) is 14.9 Å². The number of carbonyl (C=O) groups excluding carboxylic acids is 1. The first-order valence-electron chi connectivity index (χ1n) is 14.5. The summed E-state index contributed by atoms with van der Waals surface area (Å²) in [5, 5.41) is 36.6. The quantitative estimate of drug-likeness (QED) is 0.233. The van der Waals surface area contributed by atoms with E-state index in [-0.39, 0.29) is 95.0 Å². The minimum atomic E-state index is -4.35. The SMILES string of the molecule is CC[C@H]1[C@@H](O)C2C3CC[C@H]([C@H](C)CCC(=O)NCCS(=O)(=O)[O-])[C@@]3(C)C[C@H](O)C2[C@@]2(C)CC[C@@H](O)C[C@@H]12.[Na+]. The Hall–Kier alpha value is 0.260. The van der Waals surface area contributed by atoms with Crippen molar-refractivity contribution in [1.82, 2.24) is 5.32 Å². The van der Waals surface area contributed by atoms with Crippen molar-refractivity contribution in [1.29, 1.82) is 0 Å². The first-order chi connectivity index (χ1) is 17.2. The molecule has 0 aromatic rings. The molecule has 0 saturated heterocycles. The Morgan fingerprint density at radius 2 is 1.79 bits per heavy atom. The molecule has 0 spiro atoms. The fourth-order valence-electron chi connectivity index (χ4n) is 10.0. The second-order valence-corrected chi connectivity index (χ2v) is 14.9. The summed E-state index contributed by atoms with van der Waals surface area (Å²) in [6, 6.07) is 0. The zero-order valence-corrected chi connectivity index (χ0v) is 26.8. The summed E-state index contributed by atoms with van der Waals surface area (Å²) in [5.41, 5.74) is -0.201. The Balaban J connectivity index is 0.00000400. The van der Waals surface area contributed by atoms with Gasteiger partial charge in [0.15, 0.2) is 0 Å². The van der Waals surface area contributed by atoms with Gasteiger partial charge in [-0.2, -0.15) is 0 Å². The van der Waals surface area contributed by atoms with Gasteiger partial charge in [0, 0.05) is 13.0 Å². The molecule has 0 aliphatic heterocycles. The van der Waals surface area contributed by atoms with Gasteiger partial charge in [0.1, 0.15) is 0 Å². The Morgan fingerprint density at radius 1 is 1.11 bits per heavy atom. The number of aliphatic hydroxyl groups is 3. The summed E-state index contributed by atoms with van der Waals surface area (Å²) >= 11 is 0. The molecule has 4 aliphatic carbocycles. The van der Waals surface area contributed by atoms with E-state index in [1.807, 2.05) is 0 Å². The van der Waals surface area contributed by atoms with Crippen molar-refractivity contribution in [3.63, 3.8) is 0 Å². The van der Waals surface area contributed by atoms with Crippen LogP contribution >= 0.6 is 0 Å². The van der Waals surface area contributed by atoms with Gasteiger partial charge in [0.2, 0.25) is 5.91 Å². The molecule has 0 radical (unpaired) electrons. The van der Waals surface area contributed by atoms with Crippen LogP contribution in [0.1, 0.15) is 85.5 Å². The molecule has 0 bridgehead atoms. The van der Waals surface area contributed by atoms with Crippen LogP contribution in [0, 0.1) is 52.3 Å². The monoisotopic (exact) mass is 565 g/mol. The van der Waals surface area contributed by atoms with Crippen molar-refractivity contribution in [2.24, 2.45) is 52.3 Å². The van der Waals surface area contributed by atoms with Gasteiger partial charge in [0.05, 0.1) is 34.2 Å². The number of fused-ring (bicyclic) bond motifs is 5. The number of hydrogen-bond donors (Lipinski definition) is 4. The molecule has 0 aromatic carbocycles. The number of rotatable bonds is 8. The van der Waals surface area contributed by atoms with Crippen molar-refractivity contribution in [2.75, 3.05) is 12.3 Å². The fourth-order valence-corrected chi connectivity index (χ4v) is 10.4. The Kier molecular flexibility index (Phi) is 10.6. The van der Waals surface area contributed by atoms with E-state index in [0.717, 1.165) is 32.1 Å². The normalized spacial score (nSPS) is 45.2. The molecule has 214 valence electrons. The zero-order valence-electron chi connectivity index (χ0n) is 23.9. The van der Waals surface area contributed by atoms with Crippen LogP contribution in [0.4, 0.5) is 0 Å².